The van der Waals surface area contributed by atoms with Crippen molar-refractivity contribution in [2.45, 2.75) is 26.2 Å². The smallest absolute Gasteiger partial charge is 0.247 e. The molecule has 1 rings (SSSR count). The predicted octanol–water partition coefficient (Wildman–Crippen LogP) is 1.40. The van der Waals surface area contributed by atoms with Gasteiger partial charge in [-0.25, -0.2) is 4.98 Å². The second-order valence-electron chi connectivity index (χ2n) is 2.71. The number of Topliss-reactive ketones (excluding diaryl/α,β-unsaturated/α-hetero) is 1. The highest BCUT2D eigenvalue weighted by molar-refractivity contribution is 6.32. The largest absolute Gasteiger partial charge is 0.448 e. The fourth-order valence-corrected chi connectivity index (χ4v) is 1.04. The van der Waals surface area contributed by atoms with Gasteiger partial charge in [0.15, 0.2) is 18.4 Å². The molecule has 0 fully saturated rings. The van der Waals surface area contributed by atoms with Gasteiger partial charge in [0.05, 0.1) is 0 Å². The predicted molar refractivity (Wildman–Crippen MR) is 45.5 cm³/mol. The molecule has 0 bridgehead atoms. The van der Waals surface area contributed by atoms with Crippen molar-refractivity contribution in [2.24, 2.45) is 0 Å². The van der Waals surface area contributed by atoms with E-state index in [2.05, 4.69) is 4.98 Å². The van der Waals surface area contributed by atoms with Gasteiger partial charge in [-0.3, -0.25) is 9.59 Å². The molecule has 0 aromatic carbocycles. The number of aryl methyl sites for hydroxylation is 1. The molecule has 1 aromatic rings. The van der Waals surface area contributed by atoms with Crippen molar-refractivity contribution in [3.05, 3.63) is 17.8 Å². The van der Waals surface area contributed by atoms with Crippen LogP contribution in [0.2, 0.25) is 0 Å². The van der Waals surface area contributed by atoms with Crippen molar-refractivity contribution in [3.8, 4) is 0 Å². The molecule has 0 saturated carbocycles. The molecule has 0 atom stereocenters. The number of oxazole rings is 1. The summed E-state index contributed by atoms with van der Waals surface area (Å²) in [7, 11) is 0. The summed E-state index contributed by atoms with van der Waals surface area (Å²) >= 11 is 0. The minimum Gasteiger partial charge on any atom is -0.448 e. The number of carbonyl (C=O) groups excluding carboxylic acids is 2. The van der Waals surface area contributed by atoms with Crippen LogP contribution in [-0.4, -0.2) is 17.1 Å². The summed E-state index contributed by atoms with van der Waals surface area (Å²) in [6, 6.07) is 0. The SMILES string of the molecule is CCCCc1ocnc1C(=O)C=O. The van der Waals surface area contributed by atoms with Gasteiger partial charge < -0.3 is 4.42 Å². The second kappa shape index (κ2) is 4.54. The molecule has 1 aromatic heterocycles. The number of hydrogen-bond donors (Lipinski definition) is 0. The molecule has 0 amide bonds. The molecule has 0 unspecified atom stereocenters. The van der Waals surface area contributed by atoms with Crippen LogP contribution in [0, 0.1) is 0 Å². The van der Waals surface area contributed by atoms with E-state index < -0.39 is 5.78 Å². The standard InChI is InChI=1S/C9H11NO3/c1-2-3-4-8-9(7(12)5-11)10-6-13-8/h5-6H,2-4H2,1H3. The van der Waals surface area contributed by atoms with Crippen molar-refractivity contribution in [1.82, 2.24) is 4.98 Å². The normalized spacial score (nSPS) is 9.92. The van der Waals surface area contributed by atoms with Gasteiger partial charge in [-0.15, -0.1) is 0 Å². The van der Waals surface area contributed by atoms with E-state index in [9.17, 15) is 9.59 Å². The Bertz CT molecular complexity index is 304. The fraction of sp³-hybridized carbons (Fsp3) is 0.444. The summed E-state index contributed by atoms with van der Waals surface area (Å²) in [6.07, 6.45) is 4.05. The molecule has 4 nitrogen and oxygen atoms in total. The van der Waals surface area contributed by atoms with E-state index in [0.29, 0.717) is 12.2 Å². The molecular formula is C9H11NO3. The number of rotatable bonds is 5. The quantitative estimate of drug-likeness (QED) is 0.391. The van der Waals surface area contributed by atoms with Gasteiger partial charge in [0, 0.05) is 6.42 Å². The second-order valence-corrected chi connectivity index (χ2v) is 2.71. The van der Waals surface area contributed by atoms with E-state index in [1.165, 1.54) is 6.39 Å². The molecular weight excluding hydrogens is 170 g/mol. The summed E-state index contributed by atoms with van der Waals surface area (Å²) in [5.74, 6) is -0.0983. The lowest BCUT2D eigenvalue weighted by atomic mass is 10.1. The van der Waals surface area contributed by atoms with Crippen LogP contribution in [0.3, 0.4) is 0 Å². The minimum atomic E-state index is -0.611. The number of aromatic nitrogens is 1. The van der Waals surface area contributed by atoms with Crippen LogP contribution >= 0.6 is 0 Å². The zero-order valence-electron chi connectivity index (χ0n) is 7.45. The summed E-state index contributed by atoms with van der Waals surface area (Å²) in [5.41, 5.74) is 0.156. The maximum atomic E-state index is 11.0. The van der Waals surface area contributed by atoms with E-state index in [4.69, 9.17) is 4.42 Å². The Morgan fingerprint density at radius 1 is 1.69 bits per heavy atom. The van der Waals surface area contributed by atoms with Crippen LogP contribution in [0.1, 0.15) is 36.0 Å². The third kappa shape index (κ3) is 2.24. The zero-order chi connectivity index (χ0) is 9.68. The molecule has 0 radical (unpaired) electrons. The summed E-state index contributed by atoms with van der Waals surface area (Å²) in [4.78, 5) is 24.9. The monoisotopic (exact) mass is 181 g/mol. The van der Waals surface area contributed by atoms with Gasteiger partial charge in [0.1, 0.15) is 5.76 Å². The lowest BCUT2D eigenvalue weighted by molar-refractivity contribution is -0.104. The highest BCUT2D eigenvalue weighted by Crippen LogP contribution is 2.10. The van der Waals surface area contributed by atoms with Gasteiger partial charge in [-0.05, 0) is 6.42 Å². The van der Waals surface area contributed by atoms with Crippen molar-refractivity contribution < 1.29 is 14.0 Å². The van der Waals surface area contributed by atoms with Crippen molar-refractivity contribution in [1.29, 1.82) is 0 Å². The van der Waals surface area contributed by atoms with E-state index in [1.54, 1.807) is 0 Å². The van der Waals surface area contributed by atoms with Crippen molar-refractivity contribution >= 4 is 12.1 Å². The van der Waals surface area contributed by atoms with Gasteiger partial charge in [0.25, 0.3) is 0 Å². The summed E-state index contributed by atoms with van der Waals surface area (Å²) in [5, 5.41) is 0. The number of aldehydes is 1. The number of ketones is 1. The van der Waals surface area contributed by atoms with E-state index in [-0.39, 0.29) is 12.0 Å². The van der Waals surface area contributed by atoms with Crippen LogP contribution in [0.5, 0.6) is 0 Å². The third-order valence-corrected chi connectivity index (χ3v) is 1.74. The molecule has 0 aliphatic heterocycles. The van der Waals surface area contributed by atoms with Crippen LogP contribution in [0.4, 0.5) is 0 Å². The Balaban J connectivity index is 2.76. The van der Waals surface area contributed by atoms with E-state index >= 15 is 0 Å². The van der Waals surface area contributed by atoms with Crippen molar-refractivity contribution in [2.75, 3.05) is 0 Å². The fourth-order valence-electron chi connectivity index (χ4n) is 1.04. The highest BCUT2D eigenvalue weighted by atomic mass is 16.3. The van der Waals surface area contributed by atoms with Gasteiger partial charge in [-0.2, -0.15) is 0 Å². The molecule has 70 valence electrons. The Hall–Kier alpha value is -1.45. The van der Waals surface area contributed by atoms with E-state index in [0.717, 1.165) is 12.8 Å². The van der Waals surface area contributed by atoms with Crippen molar-refractivity contribution in [3.63, 3.8) is 0 Å². The number of hydrogen-bond acceptors (Lipinski definition) is 4. The van der Waals surface area contributed by atoms with Gasteiger partial charge in [-0.1, -0.05) is 13.3 Å². The summed E-state index contributed by atoms with van der Waals surface area (Å²) in [6.45, 7) is 2.04. The zero-order valence-corrected chi connectivity index (χ0v) is 7.45. The molecule has 0 aliphatic rings. The number of carbonyl (C=O) groups is 2. The molecule has 13 heavy (non-hydrogen) atoms. The number of unbranched alkanes of at least 4 members (excludes halogenated alkanes) is 1. The molecule has 0 N–H and O–H groups in total. The lowest BCUT2D eigenvalue weighted by Gasteiger charge is -1.94. The van der Waals surface area contributed by atoms with E-state index in [1.807, 2.05) is 6.92 Å². The van der Waals surface area contributed by atoms with Crippen LogP contribution < -0.4 is 0 Å². The van der Waals surface area contributed by atoms with Crippen LogP contribution in [-0.2, 0) is 11.2 Å². The minimum absolute atomic E-state index is 0.156. The molecule has 0 aliphatic carbocycles. The Morgan fingerprint density at radius 2 is 2.46 bits per heavy atom. The summed E-state index contributed by atoms with van der Waals surface area (Å²) < 4.78 is 5.00. The first-order chi connectivity index (χ1) is 6.29. The van der Waals surface area contributed by atoms with Gasteiger partial charge >= 0.3 is 0 Å². The highest BCUT2D eigenvalue weighted by Gasteiger charge is 2.14. The lowest BCUT2D eigenvalue weighted by Crippen LogP contribution is -2.03. The van der Waals surface area contributed by atoms with Crippen LogP contribution in [0.15, 0.2) is 10.8 Å². The molecule has 0 saturated heterocycles. The topological polar surface area (TPSA) is 60.2 Å². The first-order valence-corrected chi connectivity index (χ1v) is 4.21. The van der Waals surface area contributed by atoms with Crippen LogP contribution in [0.25, 0.3) is 0 Å². The number of nitrogens with zero attached hydrogens (tertiary/aromatic N) is 1. The average molecular weight is 181 g/mol. The third-order valence-electron chi connectivity index (χ3n) is 1.74. The first-order valence-electron chi connectivity index (χ1n) is 4.21. The molecule has 0 spiro atoms. The first kappa shape index (κ1) is 9.64. The maximum Gasteiger partial charge on any atom is 0.247 e. The maximum absolute atomic E-state index is 11.0. The van der Waals surface area contributed by atoms with Gasteiger partial charge in [0.2, 0.25) is 5.78 Å². The Morgan fingerprint density at radius 3 is 3.08 bits per heavy atom. The molecule has 4 heteroatoms. The molecule has 1 heterocycles. The average Bonchev–Trinajstić information content (AvgIpc) is 2.61. The Kier molecular flexibility index (Phi) is 3.37. The Labute approximate surface area is 76.0 Å².